The minimum atomic E-state index is -2.87. The van der Waals surface area contributed by atoms with Crippen molar-refractivity contribution in [3.05, 3.63) is 12.2 Å². The standard InChI is InChI=1S/C9H15N3O3S/c1-15-4-3-12-7-10-11-9(12)8-2-5-16(13,14)6-8/h7-8H,2-6H2,1H3. The molecule has 1 aromatic heterocycles. The minimum absolute atomic E-state index is 0.00986. The molecular formula is C9H15N3O3S. The molecule has 1 atom stereocenters. The van der Waals surface area contributed by atoms with Crippen molar-refractivity contribution in [2.24, 2.45) is 0 Å². The molecule has 1 aromatic rings. The van der Waals surface area contributed by atoms with Gasteiger partial charge in [0.15, 0.2) is 9.84 Å². The molecule has 1 fully saturated rings. The lowest BCUT2D eigenvalue weighted by molar-refractivity contribution is 0.186. The van der Waals surface area contributed by atoms with Gasteiger partial charge in [-0.05, 0) is 6.42 Å². The third-order valence-electron chi connectivity index (χ3n) is 2.78. The lowest BCUT2D eigenvalue weighted by atomic mass is 10.1. The second kappa shape index (κ2) is 4.50. The first-order valence-electron chi connectivity index (χ1n) is 5.19. The van der Waals surface area contributed by atoms with Crippen molar-refractivity contribution < 1.29 is 13.2 Å². The number of hydrogen-bond acceptors (Lipinski definition) is 5. The SMILES string of the molecule is COCCn1cnnc1C1CCS(=O)(=O)C1. The van der Waals surface area contributed by atoms with Gasteiger partial charge in [-0.3, -0.25) is 0 Å². The van der Waals surface area contributed by atoms with Crippen LogP contribution in [0.4, 0.5) is 0 Å². The first-order chi connectivity index (χ1) is 7.62. The molecule has 0 saturated carbocycles. The summed E-state index contributed by atoms with van der Waals surface area (Å²) >= 11 is 0. The van der Waals surface area contributed by atoms with E-state index in [-0.39, 0.29) is 17.4 Å². The van der Waals surface area contributed by atoms with Gasteiger partial charge in [0.05, 0.1) is 18.1 Å². The Hall–Kier alpha value is -0.950. The molecule has 2 rings (SSSR count). The van der Waals surface area contributed by atoms with Crippen LogP contribution in [0.25, 0.3) is 0 Å². The summed E-state index contributed by atoms with van der Waals surface area (Å²) < 4.78 is 29.6. The van der Waals surface area contributed by atoms with E-state index in [1.165, 1.54) is 0 Å². The normalized spacial score (nSPS) is 23.7. The van der Waals surface area contributed by atoms with Gasteiger partial charge in [0.2, 0.25) is 0 Å². The van der Waals surface area contributed by atoms with Gasteiger partial charge in [0, 0.05) is 19.6 Å². The number of ether oxygens (including phenoxy) is 1. The predicted octanol–water partition coefficient (Wildman–Crippen LogP) is -0.173. The van der Waals surface area contributed by atoms with Gasteiger partial charge in [-0.1, -0.05) is 0 Å². The molecule has 1 aliphatic heterocycles. The van der Waals surface area contributed by atoms with Crippen molar-refractivity contribution in [3.8, 4) is 0 Å². The zero-order valence-corrected chi connectivity index (χ0v) is 9.98. The number of sulfone groups is 1. The number of hydrogen-bond donors (Lipinski definition) is 0. The van der Waals surface area contributed by atoms with Crippen LogP contribution in [0.15, 0.2) is 6.33 Å². The molecule has 1 aliphatic rings. The molecule has 0 N–H and O–H groups in total. The van der Waals surface area contributed by atoms with E-state index >= 15 is 0 Å². The van der Waals surface area contributed by atoms with Crippen LogP contribution in [0.1, 0.15) is 18.2 Å². The van der Waals surface area contributed by atoms with Crippen LogP contribution in [0, 0.1) is 0 Å². The molecule has 0 aliphatic carbocycles. The van der Waals surface area contributed by atoms with Gasteiger partial charge in [0.1, 0.15) is 12.2 Å². The molecule has 0 bridgehead atoms. The lowest BCUT2D eigenvalue weighted by Crippen LogP contribution is -2.12. The van der Waals surface area contributed by atoms with Crippen molar-refractivity contribution >= 4 is 9.84 Å². The van der Waals surface area contributed by atoms with Crippen molar-refractivity contribution in [2.75, 3.05) is 25.2 Å². The van der Waals surface area contributed by atoms with Gasteiger partial charge in [-0.2, -0.15) is 0 Å². The Morgan fingerprint density at radius 1 is 1.62 bits per heavy atom. The first-order valence-corrected chi connectivity index (χ1v) is 7.01. The first kappa shape index (κ1) is 11.5. The van der Waals surface area contributed by atoms with E-state index in [4.69, 9.17) is 4.74 Å². The van der Waals surface area contributed by atoms with Gasteiger partial charge in [-0.25, -0.2) is 8.42 Å². The van der Waals surface area contributed by atoms with Crippen LogP contribution >= 0.6 is 0 Å². The predicted molar refractivity (Wildman–Crippen MR) is 57.9 cm³/mol. The average molecular weight is 245 g/mol. The smallest absolute Gasteiger partial charge is 0.151 e. The summed E-state index contributed by atoms with van der Waals surface area (Å²) in [7, 11) is -1.24. The maximum atomic E-state index is 11.4. The Kier molecular flexibility index (Phi) is 3.25. The van der Waals surface area contributed by atoms with Crippen molar-refractivity contribution in [3.63, 3.8) is 0 Å². The Balaban J connectivity index is 2.12. The highest BCUT2D eigenvalue weighted by molar-refractivity contribution is 7.91. The minimum Gasteiger partial charge on any atom is -0.383 e. The Morgan fingerprint density at radius 3 is 3.06 bits per heavy atom. The number of rotatable bonds is 4. The van der Waals surface area contributed by atoms with Crippen molar-refractivity contribution in [1.82, 2.24) is 14.8 Å². The highest BCUT2D eigenvalue weighted by Gasteiger charge is 2.32. The van der Waals surface area contributed by atoms with Gasteiger partial charge in [0.25, 0.3) is 0 Å². The summed E-state index contributed by atoms with van der Waals surface area (Å²) in [6.07, 6.45) is 2.27. The molecule has 16 heavy (non-hydrogen) atoms. The number of aromatic nitrogens is 3. The summed E-state index contributed by atoms with van der Waals surface area (Å²) in [4.78, 5) is 0. The fourth-order valence-corrected chi connectivity index (χ4v) is 3.68. The fraction of sp³-hybridized carbons (Fsp3) is 0.778. The molecule has 0 spiro atoms. The van der Waals surface area contributed by atoms with E-state index in [1.807, 2.05) is 4.57 Å². The summed E-state index contributed by atoms with van der Waals surface area (Å²) in [6, 6.07) is 0. The third kappa shape index (κ3) is 2.41. The highest BCUT2D eigenvalue weighted by atomic mass is 32.2. The average Bonchev–Trinajstić information content (AvgIpc) is 2.81. The van der Waals surface area contributed by atoms with Gasteiger partial charge >= 0.3 is 0 Å². The van der Waals surface area contributed by atoms with Crippen LogP contribution in [-0.2, 0) is 21.1 Å². The second-order valence-electron chi connectivity index (χ2n) is 3.98. The van der Waals surface area contributed by atoms with E-state index < -0.39 is 9.84 Å². The van der Waals surface area contributed by atoms with Crippen LogP contribution in [-0.4, -0.2) is 48.4 Å². The Labute approximate surface area is 94.5 Å². The molecule has 90 valence electrons. The summed E-state index contributed by atoms with van der Waals surface area (Å²) in [5.74, 6) is 1.20. The third-order valence-corrected chi connectivity index (χ3v) is 4.55. The van der Waals surface area contributed by atoms with Crippen LogP contribution in [0.2, 0.25) is 0 Å². The van der Waals surface area contributed by atoms with Gasteiger partial charge in [-0.15, -0.1) is 10.2 Å². The lowest BCUT2D eigenvalue weighted by Gasteiger charge is -2.09. The molecule has 6 nitrogen and oxygen atoms in total. The molecule has 1 saturated heterocycles. The van der Waals surface area contributed by atoms with E-state index in [0.717, 1.165) is 5.82 Å². The quantitative estimate of drug-likeness (QED) is 0.736. The molecule has 0 radical (unpaired) electrons. The molecule has 0 aromatic carbocycles. The number of methoxy groups -OCH3 is 1. The molecule has 1 unspecified atom stereocenters. The van der Waals surface area contributed by atoms with E-state index in [1.54, 1.807) is 13.4 Å². The molecular weight excluding hydrogens is 230 g/mol. The zero-order valence-electron chi connectivity index (χ0n) is 9.16. The second-order valence-corrected chi connectivity index (χ2v) is 6.20. The van der Waals surface area contributed by atoms with Crippen LogP contribution in [0.3, 0.4) is 0 Å². The molecule has 7 heteroatoms. The molecule has 2 heterocycles. The van der Waals surface area contributed by atoms with Crippen molar-refractivity contribution in [2.45, 2.75) is 18.9 Å². The van der Waals surface area contributed by atoms with E-state index in [2.05, 4.69) is 10.2 Å². The molecule has 0 amide bonds. The van der Waals surface area contributed by atoms with Gasteiger partial charge < -0.3 is 9.30 Å². The maximum Gasteiger partial charge on any atom is 0.151 e. The van der Waals surface area contributed by atoms with Crippen LogP contribution < -0.4 is 0 Å². The highest BCUT2D eigenvalue weighted by Crippen LogP contribution is 2.27. The van der Waals surface area contributed by atoms with E-state index in [9.17, 15) is 8.42 Å². The number of nitrogens with zero attached hydrogens (tertiary/aromatic N) is 3. The topological polar surface area (TPSA) is 74.1 Å². The summed E-state index contributed by atoms with van der Waals surface area (Å²) in [6.45, 7) is 1.24. The van der Waals surface area contributed by atoms with Crippen LogP contribution in [0.5, 0.6) is 0 Å². The fourth-order valence-electron chi connectivity index (χ4n) is 1.94. The maximum absolute atomic E-state index is 11.4. The summed E-state index contributed by atoms with van der Waals surface area (Å²) in [5.41, 5.74) is 0. The zero-order chi connectivity index (χ0) is 11.6. The largest absolute Gasteiger partial charge is 0.383 e. The Bertz CT molecular complexity index is 454. The van der Waals surface area contributed by atoms with E-state index in [0.29, 0.717) is 19.6 Å². The monoisotopic (exact) mass is 245 g/mol. The van der Waals surface area contributed by atoms with Crippen molar-refractivity contribution in [1.29, 1.82) is 0 Å². The summed E-state index contributed by atoms with van der Waals surface area (Å²) in [5, 5.41) is 7.84. The Morgan fingerprint density at radius 2 is 2.44 bits per heavy atom.